The van der Waals surface area contributed by atoms with Crippen LogP contribution >= 0.6 is 11.8 Å². The van der Waals surface area contributed by atoms with Crippen LogP contribution in [0, 0.1) is 5.41 Å². The van der Waals surface area contributed by atoms with Gasteiger partial charge in [-0.25, -0.2) is 4.39 Å². The lowest BCUT2D eigenvalue weighted by atomic mass is 10.4. The number of thioether (sulfide) groups is 1. The molecule has 0 heterocycles. The van der Waals surface area contributed by atoms with Crippen LogP contribution in [0.3, 0.4) is 0 Å². The molecule has 4 heteroatoms. The number of hydrogen-bond acceptors (Lipinski definition) is 2. The molecule has 0 bridgehead atoms. The van der Waals surface area contributed by atoms with Crippen LogP contribution in [0.2, 0.25) is 0 Å². The van der Waals surface area contributed by atoms with E-state index in [1.165, 1.54) is 0 Å². The third-order valence-electron chi connectivity index (χ3n) is 1.58. The monoisotopic (exact) mass is 192 g/mol. The zero-order chi connectivity index (χ0) is 9.56. The fourth-order valence-electron chi connectivity index (χ4n) is 0.641. The maximum Gasteiger partial charge on any atom is 0.158 e. The van der Waals surface area contributed by atoms with Gasteiger partial charge in [-0.2, -0.15) is 0 Å². The van der Waals surface area contributed by atoms with Crippen LogP contribution in [-0.4, -0.2) is 29.2 Å². The molecule has 0 aromatic rings. The second kappa shape index (κ2) is 6.29. The maximum absolute atomic E-state index is 12.9. The Morgan fingerprint density at radius 3 is 2.58 bits per heavy atom. The van der Waals surface area contributed by atoms with Crippen LogP contribution in [0.15, 0.2) is 0 Å². The first-order valence-electron chi connectivity index (χ1n) is 4.22. The van der Waals surface area contributed by atoms with E-state index in [4.69, 9.17) is 5.41 Å². The molecule has 0 amide bonds. The van der Waals surface area contributed by atoms with Gasteiger partial charge in [-0.15, -0.1) is 0 Å². The van der Waals surface area contributed by atoms with E-state index in [1.54, 1.807) is 11.9 Å². The van der Waals surface area contributed by atoms with Gasteiger partial charge in [0.25, 0.3) is 0 Å². The fraction of sp³-hybridized carbons (Fsp3) is 0.875. The Morgan fingerprint density at radius 1 is 1.58 bits per heavy atom. The van der Waals surface area contributed by atoms with E-state index in [1.807, 2.05) is 13.8 Å². The minimum Gasteiger partial charge on any atom is -0.355 e. The molecular weight excluding hydrogens is 175 g/mol. The minimum absolute atomic E-state index is 0.318. The third kappa shape index (κ3) is 4.59. The molecule has 0 spiro atoms. The number of halogens is 1. The Bertz CT molecular complexity index is 141. The van der Waals surface area contributed by atoms with Crippen molar-refractivity contribution in [1.29, 1.82) is 5.41 Å². The molecule has 0 aliphatic rings. The summed E-state index contributed by atoms with van der Waals surface area (Å²) in [6, 6.07) is 0. The molecule has 0 saturated carbocycles. The van der Waals surface area contributed by atoms with Crippen molar-refractivity contribution in [3.63, 3.8) is 0 Å². The number of alkyl halides is 1. The molecule has 1 N–H and O–H groups in total. The van der Waals surface area contributed by atoms with Gasteiger partial charge in [0.2, 0.25) is 0 Å². The average Bonchev–Trinajstić information content (AvgIpc) is 2.03. The molecule has 2 nitrogen and oxygen atoms in total. The van der Waals surface area contributed by atoms with Gasteiger partial charge in [0.15, 0.2) is 10.7 Å². The van der Waals surface area contributed by atoms with Crippen LogP contribution in [0.1, 0.15) is 26.7 Å². The standard InChI is InChI=1S/C8H17FN2S/c1-4-6-7(9)12-8(10)11(3)5-2/h7,10H,4-6H2,1-3H3. The Hall–Kier alpha value is -0.250. The highest BCUT2D eigenvalue weighted by Crippen LogP contribution is 2.19. The predicted molar refractivity (Wildman–Crippen MR) is 53.4 cm³/mol. The Kier molecular flexibility index (Phi) is 6.16. The first kappa shape index (κ1) is 11.8. The Labute approximate surface area is 78.0 Å². The molecule has 0 saturated heterocycles. The molecule has 72 valence electrons. The summed E-state index contributed by atoms with van der Waals surface area (Å²) >= 11 is 0.999. The van der Waals surface area contributed by atoms with Gasteiger partial charge in [0.05, 0.1) is 0 Å². The zero-order valence-corrected chi connectivity index (χ0v) is 8.75. The number of amidine groups is 1. The third-order valence-corrected chi connectivity index (χ3v) is 2.60. The minimum atomic E-state index is -0.920. The molecule has 1 unspecified atom stereocenters. The summed E-state index contributed by atoms with van der Waals surface area (Å²) in [5.74, 6) is 0. The Morgan fingerprint density at radius 2 is 2.17 bits per heavy atom. The van der Waals surface area contributed by atoms with E-state index in [-0.39, 0.29) is 0 Å². The smallest absolute Gasteiger partial charge is 0.158 e. The maximum atomic E-state index is 12.9. The molecule has 0 fully saturated rings. The van der Waals surface area contributed by atoms with Crippen molar-refractivity contribution in [2.45, 2.75) is 32.2 Å². The van der Waals surface area contributed by atoms with Crippen molar-refractivity contribution >= 4 is 16.9 Å². The SMILES string of the molecule is CCCC(F)SC(=N)N(C)CC. The van der Waals surface area contributed by atoms with Gasteiger partial charge in [-0.1, -0.05) is 25.1 Å². The van der Waals surface area contributed by atoms with Gasteiger partial charge in [-0.05, 0) is 13.3 Å². The molecule has 0 aliphatic heterocycles. The van der Waals surface area contributed by atoms with Crippen molar-refractivity contribution in [2.75, 3.05) is 13.6 Å². The van der Waals surface area contributed by atoms with E-state index in [0.29, 0.717) is 11.6 Å². The van der Waals surface area contributed by atoms with Crippen LogP contribution in [0.5, 0.6) is 0 Å². The number of rotatable bonds is 4. The zero-order valence-electron chi connectivity index (χ0n) is 7.93. The van der Waals surface area contributed by atoms with Crippen molar-refractivity contribution in [1.82, 2.24) is 4.90 Å². The van der Waals surface area contributed by atoms with E-state index in [0.717, 1.165) is 24.7 Å². The molecule has 1 atom stereocenters. The van der Waals surface area contributed by atoms with Crippen molar-refractivity contribution in [3.8, 4) is 0 Å². The van der Waals surface area contributed by atoms with E-state index >= 15 is 0 Å². The lowest BCUT2D eigenvalue weighted by Crippen LogP contribution is -2.24. The van der Waals surface area contributed by atoms with Crippen LogP contribution in [0.25, 0.3) is 0 Å². The molecule has 0 rings (SSSR count). The molecule has 0 aliphatic carbocycles. The largest absolute Gasteiger partial charge is 0.355 e. The van der Waals surface area contributed by atoms with Crippen molar-refractivity contribution < 1.29 is 4.39 Å². The fourth-order valence-corrected chi connectivity index (χ4v) is 1.55. The van der Waals surface area contributed by atoms with Crippen LogP contribution in [0.4, 0.5) is 4.39 Å². The van der Waals surface area contributed by atoms with Crippen molar-refractivity contribution in [2.24, 2.45) is 0 Å². The van der Waals surface area contributed by atoms with Crippen molar-refractivity contribution in [3.05, 3.63) is 0 Å². The predicted octanol–water partition coefficient (Wildman–Crippen LogP) is 2.70. The van der Waals surface area contributed by atoms with Gasteiger partial charge in [-0.3, -0.25) is 5.41 Å². The average molecular weight is 192 g/mol. The van der Waals surface area contributed by atoms with E-state index in [2.05, 4.69) is 0 Å². The van der Waals surface area contributed by atoms with Gasteiger partial charge >= 0.3 is 0 Å². The summed E-state index contributed by atoms with van der Waals surface area (Å²) in [5, 5.41) is 7.77. The first-order chi connectivity index (χ1) is 5.61. The van der Waals surface area contributed by atoms with E-state index in [9.17, 15) is 4.39 Å². The topological polar surface area (TPSA) is 27.1 Å². The van der Waals surface area contributed by atoms with E-state index < -0.39 is 5.50 Å². The second-order valence-corrected chi connectivity index (χ2v) is 3.77. The molecule has 0 aromatic heterocycles. The molecule has 0 radical (unpaired) electrons. The summed E-state index contributed by atoms with van der Waals surface area (Å²) in [7, 11) is 1.80. The van der Waals surface area contributed by atoms with Gasteiger partial charge in [0.1, 0.15) is 0 Å². The summed E-state index contributed by atoms with van der Waals surface area (Å²) < 4.78 is 12.9. The van der Waals surface area contributed by atoms with Crippen LogP contribution < -0.4 is 0 Å². The molecule has 0 aromatic carbocycles. The molecule has 12 heavy (non-hydrogen) atoms. The normalized spacial score (nSPS) is 12.7. The number of nitrogens with zero attached hydrogens (tertiary/aromatic N) is 1. The summed E-state index contributed by atoms with van der Waals surface area (Å²) in [6.07, 6.45) is 1.36. The quantitative estimate of drug-likeness (QED) is 0.547. The van der Waals surface area contributed by atoms with Gasteiger partial charge < -0.3 is 4.90 Å². The summed E-state index contributed by atoms with van der Waals surface area (Å²) in [5.41, 5.74) is -0.920. The summed E-state index contributed by atoms with van der Waals surface area (Å²) in [4.78, 5) is 1.73. The number of hydrogen-bond donors (Lipinski definition) is 1. The first-order valence-corrected chi connectivity index (χ1v) is 5.10. The molecular formula is C8H17FN2S. The summed E-state index contributed by atoms with van der Waals surface area (Å²) in [6.45, 7) is 4.65. The highest BCUT2D eigenvalue weighted by Gasteiger charge is 2.11. The highest BCUT2D eigenvalue weighted by atomic mass is 32.2. The van der Waals surface area contributed by atoms with Crippen LogP contribution in [-0.2, 0) is 0 Å². The lowest BCUT2D eigenvalue weighted by Gasteiger charge is -2.17. The lowest BCUT2D eigenvalue weighted by molar-refractivity contribution is 0.426. The van der Waals surface area contributed by atoms with Gasteiger partial charge in [0, 0.05) is 13.6 Å². The highest BCUT2D eigenvalue weighted by molar-refractivity contribution is 8.14. The number of nitrogens with one attached hydrogen (secondary N) is 1. The Balaban J connectivity index is 3.67. The second-order valence-electron chi connectivity index (χ2n) is 2.64.